The zero-order chi connectivity index (χ0) is 15.4. The van der Waals surface area contributed by atoms with Gasteiger partial charge >= 0.3 is 0 Å². The van der Waals surface area contributed by atoms with Crippen molar-refractivity contribution in [3.8, 4) is 0 Å². The summed E-state index contributed by atoms with van der Waals surface area (Å²) in [5, 5.41) is 3.93. The van der Waals surface area contributed by atoms with Crippen molar-refractivity contribution in [3.05, 3.63) is 18.5 Å². The normalized spacial score (nSPS) is 24.8. The van der Waals surface area contributed by atoms with E-state index in [1.807, 2.05) is 16.9 Å². The first-order chi connectivity index (χ1) is 10.6. The summed E-state index contributed by atoms with van der Waals surface area (Å²) in [5.41, 5.74) is 0. The number of aromatic nitrogens is 2. The molecule has 1 aliphatic carbocycles. The van der Waals surface area contributed by atoms with E-state index < -0.39 is 10.0 Å². The third-order valence-electron chi connectivity index (χ3n) is 4.79. The van der Waals surface area contributed by atoms with Gasteiger partial charge < -0.3 is 4.90 Å². The van der Waals surface area contributed by atoms with Gasteiger partial charge in [0.1, 0.15) is 0 Å². The van der Waals surface area contributed by atoms with E-state index in [4.69, 9.17) is 0 Å². The minimum Gasteiger partial charge on any atom is -0.300 e. The van der Waals surface area contributed by atoms with E-state index in [0.29, 0.717) is 6.54 Å². The number of piperidine rings is 1. The molecule has 124 valence electrons. The van der Waals surface area contributed by atoms with Crippen LogP contribution in [0.2, 0.25) is 0 Å². The lowest BCUT2D eigenvalue weighted by molar-refractivity contribution is 0.218. The molecule has 2 heterocycles. The average molecular weight is 326 g/mol. The second-order valence-corrected chi connectivity index (χ2v) is 8.47. The zero-order valence-electron chi connectivity index (χ0n) is 13.0. The van der Waals surface area contributed by atoms with Crippen LogP contribution in [0.5, 0.6) is 0 Å². The second-order valence-electron chi connectivity index (χ2n) is 6.48. The number of sulfonamides is 1. The van der Waals surface area contributed by atoms with E-state index in [0.717, 1.165) is 58.2 Å². The van der Waals surface area contributed by atoms with Gasteiger partial charge in [-0.25, -0.2) is 13.1 Å². The van der Waals surface area contributed by atoms with E-state index in [9.17, 15) is 8.42 Å². The molecule has 2 aliphatic rings. The molecule has 7 heteroatoms. The SMILES string of the molecule is O=S(=O)(NC1CCCC1)C1CCCN(CCn2cccn2)C1. The van der Waals surface area contributed by atoms with Crippen molar-refractivity contribution < 1.29 is 8.42 Å². The molecular weight excluding hydrogens is 300 g/mol. The van der Waals surface area contributed by atoms with Gasteiger partial charge in [0.2, 0.25) is 10.0 Å². The van der Waals surface area contributed by atoms with E-state index in [-0.39, 0.29) is 11.3 Å². The largest absolute Gasteiger partial charge is 0.300 e. The number of nitrogens with one attached hydrogen (secondary N) is 1. The van der Waals surface area contributed by atoms with Crippen molar-refractivity contribution in [1.29, 1.82) is 0 Å². The van der Waals surface area contributed by atoms with Gasteiger partial charge in [0.15, 0.2) is 0 Å². The molecule has 1 unspecified atom stereocenters. The summed E-state index contributed by atoms with van der Waals surface area (Å²) in [4.78, 5) is 2.25. The van der Waals surface area contributed by atoms with Crippen LogP contribution in [-0.4, -0.2) is 54.0 Å². The fourth-order valence-electron chi connectivity index (χ4n) is 3.52. The van der Waals surface area contributed by atoms with Crippen LogP contribution in [0.1, 0.15) is 38.5 Å². The lowest BCUT2D eigenvalue weighted by atomic mass is 10.1. The molecule has 1 N–H and O–H groups in total. The van der Waals surface area contributed by atoms with Crippen LogP contribution in [0.25, 0.3) is 0 Å². The summed E-state index contributed by atoms with van der Waals surface area (Å²) in [7, 11) is -3.19. The second kappa shape index (κ2) is 7.10. The summed E-state index contributed by atoms with van der Waals surface area (Å²) >= 11 is 0. The van der Waals surface area contributed by atoms with Crippen LogP contribution in [0.4, 0.5) is 0 Å². The number of nitrogens with zero attached hydrogens (tertiary/aromatic N) is 3. The molecule has 1 aromatic heterocycles. The predicted molar refractivity (Wildman–Crippen MR) is 86.0 cm³/mol. The lowest BCUT2D eigenvalue weighted by Crippen LogP contribution is -2.48. The van der Waals surface area contributed by atoms with Crippen LogP contribution in [0.15, 0.2) is 18.5 Å². The first-order valence-electron chi connectivity index (χ1n) is 8.34. The van der Waals surface area contributed by atoms with Gasteiger partial charge in [-0.05, 0) is 38.3 Å². The minimum absolute atomic E-state index is 0.171. The molecule has 1 atom stereocenters. The highest BCUT2D eigenvalue weighted by atomic mass is 32.2. The maximum Gasteiger partial charge on any atom is 0.215 e. The van der Waals surface area contributed by atoms with Gasteiger partial charge in [-0.2, -0.15) is 5.10 Å². The Morgan fingerprint density at radius 3 is 2.68 bits per heavy atom. The molecule has 1 aromatic rings. The standard InChI is InChI=1S/C15H26N4O2S/c20-22(21,17-14-5-1-2-6-14)15-7-3-9-18(13-15)11-12-19-10-4-8-16-19/h4,8,10,14-15,17H,1-3,5-7,9,11-13H2. The molecule has 0 bridgehead atoms. The molecule has 0 radical (unpaired) electrons. The van der Waals surface area contributed by atoms with Crippen molar-refractivity contribution in [3.63, 3.8) is 0 Å². The molecule has 2 fully saturated rings. The van der Waals surface area contributed by atoms with Crippen LogP contribution >= 0.6 is 0 Å². The van der Waals surface area contributed by atoms with Gasteiger partial charge in [0, 0.05) is 31.5 Å². The van der Waals surface area contributed by atoms with Crippen molar-refractivity contribution in [2.45, 2.75) is 56.4 Å². The van der Waals surface area contributed by atoms with Gasteiger partial charge in [-0.15, -0.1) is 0 Å². The quantitative estimate of drug-likeness (QED) is 0.853. The highest BCUT2D eigenvalue weighted by molar-refractivity contribution is 7.90. The highest BCUT2D eigenvalue weighted by Gasteiger charge is 2.32. The molecule has 1 saturated heterocycles. The molecule has 0 aromatic carbocycles. The van der Waals surface area contributed by atoms with E-state index in [2.05, 4.69) is 14.7 Å². The smallest absolute Gasteiger partial charge is 0.215 e. The molecule has 1 aliphatic heterocycles. The molecular formula is C15H26N4O2S. The first-order valence-corrected chi connectivity index (χ1v) is 9.89. The third kappa shape index (κ3) is 4.08. The Balaban J connectivity index is 1.52. The Morgan fingerprint density at radius 2 is 1.95 bits per heavy atom. The van der Waals surface area contributed by atoms with Crippen LogP contribution < -0.4 is 4.72 Å². The van der Waals surface area contributed by atoms with Gasteiger partial charge in [-0.1, -0.05) is 12.8 Å². The maximum atomic E-state index is 12.6. The fraction of sp³-hybridized carbons (Fsp3) is 0.800. The molecule has 3 rings (SSSR count). The summed E-state index contributed by atoms with van der Waals surface area (Å²) in [6.07, 6.45) is 9.73. The summed E-state index contributed by atoms with van der Waals surface area (Å²) in [5.74, 6) is 0. The Labute approximate surface area is 132 Å². The van der Waals surface area contributed by atoms with Crippen molar-refractivity contribution in [1.82, 2.24) is 19.4 Å². The molecule has 0 amide bonds. The van der Waals surface area contributed by atoms with E-state index in [1.165, 1.54) is 0 Å². The van der Waals surface area contributed by atoms with Crippen molar-refractivity contribution >= 4 is 10.0 Å². The minimum atomic E-state index is -3.19. The summed E-state index contributed by atoms with van der Waals surface area (Å²) in [6.45, 7) is 3.30. The molecule has 1 saturated carbocycles. The number of hydrogen-bond donors (Lipinski definition) is 1. The molecule has 6 nitrogen and oxygen atoms in total. The lowest BCUT2D eigenvalue weighted by Gasteiger charge is -2.33. The predicted octanol–water partition coefficient (Wildman–Crippen LogP) is 1.21. The number of hydrogen-bond acceptors (Lipinski definition) is 4. The number of rotatable bonds is 6. The third-order valence-corrected chi connectivity index (χ3v) is 6.72. The van der Waals surface area contributed by atoms with Crippen LogP contribution in [0.3, 0.4) is 0 Å². The maximum absolute atomic E-state index is 12.6. The zero-order valence-corrected chi connectivity index (χ0v) is 13.8. The monoisotopic (exact) mass is 326 g/mol. The molecule has 22 heavy (non-hydrogen) atoms. The number of likely N-dealkylation sites (tertiary alicyclic amines) is 1. The Kier molecular flexibility index (Phi) is 5.15. The van der Waals surface area contributed by atoms with Crippen LogP contribution in [0, 0.1) is 0 Å². The Hall–Kier alpha value is -0.920. The van der Waals surface area contributed by atoms with Crippen molar-refractivity contribution in [2.24, 2.45) is 0 Å². The van der Waals surface area contributed by atoms with Gasteiger partial charge in [0.05, 0.1) is 11.8 Å². The van der Waals surface area contributed by atoms with E-state index >= 15 is 0 Å². The average Bonchev–Trinajstić information content (AvgIpc) is 3.18. The van der Waals surface area contributed by atoms with Crippen molar-refractivity contribution in [2.75, 3.05) is 19.6 Å². The summed E-state index contributed by atoms with van der Waals surface area (Å²) in [6, 6.07) is 2.08. The van der Waals surface area contributed by atoms with Crippen LogP contribution in [-0.2, 0) is 16.6 Å². The summed E-state index contributed by atoms with van der Waals surface area (Å²) < 4.78 is 30.0. The topological polar surface area (TPSA) is 67.2 Å². The Morgan fingerprint density at radius 1 is 1.14 bits per heavy atom. The fourth-order valence-corrected chi connectivity index (χ4v) is 5.30. The highest BCUT2D eigenvalue weighted by Crippen LogP contribution is 2.22. The first kappa shape index (κ1) is 16.0. The van der Waals surface area contributed by atoms with E-state index in [1.54, 1.807) is 6.20 Å². The molecule has 0 spiro atoms. The van der Waals surface area contributed by atoms with Gasteiger partial charge in [-0.3, -0.25) is 4.68 Å². The van der Waals surface area contributed by atoms with Gasteiger partial charge in [0.25, 0.3) is 0 Å². The Bertz CT molecular complexity index is 552.